The number of carboxylic acids is 1. The molecule has 5 heteroatoms. The van der Waals surface area contributed by atoms with E-state index in [2.05, 4.69) is 36.2 Å². The summed E-state index contributed by atoms with van der Waals surface area (Å²) in [6, 6.07) is 13.1. The Bertz CT molecular complexity index is 786. The van der Waals surface area contributed by atoms with Crippen molar-refractivity contribution in [2.75, 3.05) is 7.05 Å². The minimum atomic E-state index is -1.13. The number of likely N-dealkylation sites (N-methyl/N-ethyl adjacent to an activating group) is 1. The molecular formula is C20H22N2O3. The summed E-state index contributed by atoms with van der Waals surface area (Å²) in [6.07, 6.45) is 3.07. The molecule has 0 aliphatic heterocycles. The highest BCUT2D eigenvalue weighted by atomic mass is 16.4. The second-order valence-electron chi connectivity index (χ2n) is 6.64. The minimum Gasteiger partial charge on any atom is -0.477 e. The number of carbonyl (C=O) groups is 2. The van der Waals surface area contributed by atoms with Crippen LogP contribution in [0.3, 0.4) is 0 Å². The molecule has 5 nitrogen and oxygen atoms in total. The summed E-state index contributed by atoms with van der Waals surface area (Å²) in [6.45, 7) is 2.06. The van der Waals surface area contributed by atoms with Crippen molar-refractivity contribution in [2.24, 2.45) is 0 Å². The number of amides is 1. The molecule has 1 N–H and O–H groups in total. The number of benzene rings is 1. The molecule has 1 aromatic heterocycles. The number of aryl methyl sites for hydroxylation is 1. The maximum Gasteiger partial charge on any atom is 0.354 e. The molecule has 25 heavy (non-hydrogen) atoms. The maximum atomic E-state index is 12.8. The Kier molecular flexibility index (Phi) is 4.83. The average molecular weight is 338 g/mol. The van der Waals surface area contributed by atoms with E-state index < -0.39 is 5.97 Å². The van der Waals surface area contributed by atoms with Gasteiger partial charge in [-0.1, -0.05) is 42.3 Å². The van der Waals surface area contributed by atoms with Crippen LogP contribution in [-0.2, 0) is 0 Å². The highest BCUT2D eigenvalue weighted by Gasteiger charge is 2.34. The van der Waals surface area contributed by atoms with Crippen molar-refractivity contribution >= 4 is 11.9 Å². The third-order valence-electron chi connectivity index (χ3n) is 4.99. The Morgan fingerprint density at radius 3 is 2.44 bits per heavy atom. The van der Waals surface area contributed by atoms with Gasteiger partial charge in [-0.25, -0.2) is 9.78 Å². The number of aromatic nitrogens is 1. The number of hydrogen-bond acceptors (Lipinski definition) is 3. The molecule has 0 saturated heterocycles. The van der Waals surface area contributed by atoms with Crippen LogP contribution in [0.25, 0.3) is 0 Å². The van der Waals surface area contributed by atoms with Gasteiger partial charge in [-0.3, -0.25) is 4.79 Å². The van der Waals surface area contributed by atoms with E-state index in [1.165, 1.54) is 17.2 Å². The van der Waals surface area contributed by atoms with Gasteiger partial charge < -0.3 is 10.0 Å². The third kappa shape index (κ3) is 3.55. The molecule has 0 spiro atoms. The summed E-state index contributed by atoms with van der Waals surface area (Å²) in [5, 5.41) is 9.07. The number of nitrogens with zero attached hydrogens (tertiary/aromatic N) is 2. The molecule has 2 aromatic rings. The first kappa shape index (κ1) is 17.1. The van der Waals surface area contributed by atoms with Gasteiger partial charge in [0.2, 0.25) is 0 Å². The van der Waals surface area contributed by atoms with E-state index in [-0.39, 0.29) is 23.3 Å². The lowest BCUT2D eigenvalue weighted by Crippen LogP contribution is -2.39. The standard InChI is InChI=1S/C20H22N2O3/c1-13-9-11-14(12-10-13)15-5-3-8-18(15)22(2)19(23)16-6-4-7-17(21-16)20(24)25/h4,6-7,9-12,15,18H,3,5,8H2,1-2H3,(H,24,25). The van der Waals surface area contributed by atoms with E-state index >= 15 is 0 Å². The molecule has 0 radical (unpaired) electrons. The maximum absolute atomic E-state index is 12.8. The molecule has 2 unspecified atom stereocenters. The largest absolute Gasteiger partial charge is 0.477 e. The predicted octanol–water partition coefficient (Wildman–Crippen LogP) is 3.50. The third-order valence-corrected chi connectivity index (χ3v) is 4.99. The van der Waals surface area contributed by atoms with Crippen molar-refractivity contribution in [2.45, 2.75) is 38.1 Å². The first-order valence-electron chi connectivity index (χ1n) is 8.51. The van der Waals surface area contributed by atoms with Crippen molar-refractivity contribution in [3.05, 3.63) is 65.0 Å². The highest BCUT2D eigenvalue weighted by molar-refractivity contribution is 5.94. The van der Waals surface area contributed by atoms with Crippen LogP contribution in [0, 0.1) is 6.92 Å². The van der Waals surface area contributed by atoms with Crippen LogP contribution in [0.4, 0.5) is 0 Å². The zero-order chi connectivity index (χ0) is 18.0. The summed E-state index contributed by atoms with van der Waals surface area (Å²) in [5.41, 5.74) is 2.54. The van der Waals surface area contributed by atoms with E-state index in [9.17, 15) is 9.59 Å². The van der Waals surface area contributed by atoms with Gasteiger partial charge in [0.05, 0.1) is 0 Å². The lowest BCUT2D eigenvalue weighted by Gasteiger charge is -2.30. The molecule has 130 valence electrons. The molecule has 1 heterocycles. The molecule has 1 fully saturated rings. The number of carbonyl (C=O) groups excluding carboxylic acids is 1. The van der Waals surface area contributed by atoms with Crippen molar-refractivity contribution in [3.8, 4) is 0 Å². The predicted molar refractivity (Wildman–Crippen MR) is 94.8 cm³/mol. The summed E-state index contributed by atoms with van der Waals surface area (Å²) in [7, 11) is 1.79. The zero-order valence-electron chi connectivity index (χ0n) is 14.5. The van der Waals surface area contributed by atoms with E-state index in [4.69, 9.17) is 5.11 Å². The first-order valence-corrected chi connectivity index (χ1v) is 8.51. The second-order valence-corrected chi connectivity index (χ2v) is 6.64. The summed E-state index contributed by atoms with van der Waals surface area (Å²) < 4.78 is 0. The fourth-order valence-corrected chi connectivity index (χ4v) is 3.61. The van der Waals surface area contributed by atoms with Gasteiger partial charge in [0, 0.05) is 19.0 Å². The molecule has 1 aliphatic carbocycles. The highest BCUT2D eigenvalue weighted by Crippen LogP contribution is 2.37. The van der Waals surface area contributed by atoms with Gasteiger partial charge in [0.25, 0.3) is 5.91 Å². The SMILES string of the molecule is Cc1ccc(C2CCCC2N(C)C(=O)c2cccc(C(=O)O)n2)cc1. The van der Waals surface area contributed by atoms with E-state index in [1.54, 1.807) is 24.1 Å². The fourth-order valence-electron chi connectivity index (χ4n) is 3.61. The lowest BCUT2D eigenvalue weighted by molar-refractivity contribution is 0.0689. The quantitative estimate of drug-likeness (QED) is 0.926. The Hall–Kier alpha value is -2.69. The minimum absolute atomic E-state index is 0.102. The number of carboxylic acid groups (broad SMARTS) is 1. The van der Waals surface area contributed by atoms with Crippen molar-refractivity contribution in [1.29, 1.82) is 0 Å². The second kappa shape index (κ2) is 7.05. The molecule has 1 aromatic carbocycles. The normalized spacial score (nSPS) is 19.6. The van der Waals surface area contributed by atoms with Crippen LogP contribution in [0.1, 0.15) is 57.3 Å². The average Bonchev–Trinajstić information content (AvgIpc) is 3.11. The monoisotopic (exact) mass is 338 g/mol. The summed E-state index contributed by atoms with van der Waals surface area (Å²) in [4.78, 5) is 29.6. The molecule has 3 rings (SSSR count). The number of pyridine rings is 1. The molecule has 1 saturated carbocycles. The first-order chi connectivity index (χ1) is 12.0. The Balaban J connectivity index is 1.82. The van der Waals surface area contributed by atoms with Gasteiger partial charge in [0.1, 0.15) is 11.4 Å². The van der Waals surface area contributed by atoms with Crippen LogP contribution in [-0.4, -0.2) is 40.0 Å². The van der Waals surface area contributed by atoms with Gasteiger partial charge in [0.15, 0.2) is 0 Å². The number of rotatable bonds is 4. The zero-order valence-corrected chi connectivity index (χ0v) is 14.5. The fraction of sp³-hybridized carbons (Fsp3) is 0.350. The van der Waals surface area contributed by atoms with E-state index in [0.29, 0.717) is 5.92 Å². The van der Waals surface area contributed by atoms with E-state index in [1.807, 2.05) is 0 Å². The van der Waals surface area contributed by atoms with Crippen LogP contribution >= 0.6 is 0 Å². The Morgan fingerprint density at radius 1 is 1.08 bits per heavy atom. The van der Waals surface area contributed by atoms with Gasteiger partial charge >= 0.3 is 5.97 Å². The topological polar surface area (TPSA) is 70.5 Å². The smallest absolute Gasteiger partial charge is 0.354 e. The van der Waals surface area contributed by atoms with E-state index in [0.717, 1.165) is 19.3 Å². The van der Waals surface area contributed by atoms with Crippen LogP contribution in [0.2, 0.25) is 0 Å². The molecular weight excluding hydrogens is 316 g/mol. The van der Waals surface area contributed by atoms with Crippen LogP contribution < -0.4 is 0 Å². The van der Waals surface area contributed by atoms with Gasteiger partial charge in [-0.05, 0) is 37.5 Å². The summed E-state index contributed by atoms with van der Waals surface area (Å²) in [5.74, 6) is -1.06. The summed E-state index contributed by atoms with van der Waals surface area (Å²) >= 11 is 0. The molecule has 2 atom stereocenters. The number of hydrogen-bond donors (Lipinski definition) is 1. The molecule has 0 bridgehead atoms. The van der Waals surface area contributed by atoms with Gasteiger partial charge in [-0.15, -0.1) is 0 Å². The number of aromatic carboxylic acids is 1. The lowest BCUT2D eigenvalue weighted by atomic mass is 9.92. The van der Waals surface area contributed by atoms with Crippen LogP contribution in [0.5, 0.6) is 0 Å². The Labute approximate surface area is 147 Å². The van der Waals surface area contributed by atoms with Crippen LogP contribution in [0.15, 0.2) is 42.5 Å². The van der Waals surface area contributed by atoms with Crippen molar-refractivity contribution in [3.63, 3.8) is 0 Å². The Morgan fingerprint density at radius 2 is 1.76 bits per heavy atom. The molecule has 1 aliphatic rings. The molecule has 1 amide bonds. The van der Waals surface area contributed by atoms with Gasteiger partial charge in [-0.2, -0.15) is 0 Å². The van der Waals surface area contributed by atoms with Crippen molar-refractivity contribution < 1.29 is 14.7 Å². The van der Waals surface area contributed by atoms with Crippen molar-refractivity contribution in [1.82, 2.24) is 9.88 Å².